The van der Waals surface area contributed by atoms with Gasteiger partial charge in [0.1, 0.15) is 0 Å². The maximum atomic E-state index is 5.88. The molecule has 1 unspecified atom stereocenters. The Morgan fingerprint density at radius 1 is 1.20 bits per heavy atom. The Morgan fingerprint density at radius 3 is 2.48 bits per heavy atom. The number of aryl methyl sites for hydroxylation is 1. The molecule has 0 N–H and O–H groups in total. The minimum absolute atomic E-state index is 0.368. The van der Waals surface area contributed by atoms with E-state index in [1.165, 1.54) is 32.2 Å². The summed E-state index contributed by atoms with van der Waals surface area (Å²) in [6, 6.07) is 7.36. The summed E-state index contributed by atoms with van der Waals surface area (Å²) in [5.74, 6) is 0.700. The summed E-state index contributed by atoms with van der Waals surface area (Å²) < 4.78 is 5.88. The quantitative estimate of drug-likeness (QED) is 0.649. The van der Waals surface area contributed by atoms with Gasteiger partial charge >= 0.3 is 0 Å². The molecule has 2 rings (SSSR count). The SMILES string of the molecule is CCCCc1ccc(CC(C)CN2C[C@@H](C)O[C@@H](C)C2)c([SiH](C)C)c1. The lowest BCUT2D eigenvalue weighted by Gasteiger charge is -2.36. The second-order valence-corrected chi connectivity index (χ2v) is 11.5. The molecule has 1 aromatic rings. The van der Waals surface area contributed by atoms with E-state index in [1.54, 1.807) is 16.3 Å². The number of ether oxygens (including phenoxy) is 1. The number of nitrogens with zero attached hydrogens (tertiary/aromatic N) is 1. The second kappa shape index (κ2) is 9.89. The van der Waals surface area contributed by atoms with E-state index in [1.807, 2.05) is 0 Å². The molecule has 0 radical (unpaired) electrons. The van der Waals surface area contributed by atoms with E-state index in [2.05, 4.69) is 63.9 Å². The molecular formula is C22H39NOSi. The molecular weight excluding hydrogens is 322 g/mol. The van der Waals surface area contributed by atoms with Gasteiger partial charge in [0.05, 0.1) is 21.0 Å². The summed E-state index contributed by atoms with van der Waals surface area (Å²) in [5, 5.41) is 1.70. The number of unbranched alkanes of at least 4 members (excludes halogenated alkanes) is 1. The monoisotopic (exact) mass is 361 g/mol. The van der Waals surface area contributed by atoms with E-state index < -0.39 is 8.80 Å². The first kappa shape index (κ1) is 20.7. The van der Waals surface area contributed by atoms with Crippen molar-refractivity contribution in [3.63, 3.8) is 0 Å². The van der Waals surface area contributed by atoms with Crippen LogP contribution in [0.2, 0.25) is 13.1 Å². The maximum absolute atomic E-state index is 5.88. The number of benzene rings is 1. The molecule has 0 aliphatic carbocycles. The molecule has 2 nitrogen and oxygen atoms in total. The Hall–Kier alpha value is -0.643. The molecule has 1 aliphatic heterocycles. The molecule has 3 atom stereocenters. The van der Waals surface area contributed by atoms with Gasteiger partial charge in [0.15, 0.2) is 0 Å². The van der Waals surface area contributed by atoms with Gasteiger partial charge < -0.3 is 4.74 Å². The average Bonchev–Trinajstić information content (AvgIpc) is 2.52. The summed E-state index contributed by atoms with van der Waals surface area (Å²) >= 11 is 0. The number of hydrogen-bond acceptors (Lipinski definition) is 2. The van der Waals surface area contributed by atoms with Crippen LogP contribution in [-0.4, -0.2) is 45.5 Å². The van der Waals surface area contributed by atoms with Crippen LogP contribution in [0.25, 0.3) is 0 Å². The highest BCUT2D eigenvalue weighted by molar-refractivity contribution is 6.71. The van der Waals surface area contributed by atoms with Crippen LogP contribution in [0.15, 0.2) is 18.2 Å². The molecule has 142 valence electrons. The van der Waals surface area contributed by atoms with Gasteiger partial charge in [0, 0.05) is 19.6 Å². The first-order valence-corrected chi connectivity index (χ1v) is 13.3. The molecule has 0 aromatic heterocycles. The van der Waals surface area contributed by atoms with Gasteiger partial charge in [-0.25, -0.2) is 0 Å². The Kier molecular flexibility index (Phi) is 8.18. The van der Waals surface area contributed by atoms with Crippen molar-refractivity contribution in [2.75, 3.05) is 19.6 Å². The molecule has 0 amide bonds. The fourth-order valence-corrected chi connectivity index (χ4v) is 5.72. The van der Waals surface area contributed by atoms with Crippen molar-refractivity contribution in [1.82, 2.24) is 4.90 Å². The maximum Gasteiger partial charge on any atom is 0.0678 e. The minimum Gasteiger partial charge on any atom is -0.373 e. The molecule has 1 aliphatic rings. The minimum atomic E-state index is -0.788. The Bertz CT molecular complexity index is 521. The van der Waals surface area contributed by atoms with Crippen molar-refractivity contribution in [3.8, 4) is 0 Å². The van der Waals surface area contributed by atoms with Crippen LogP contribution in [0.4, 0.5) is 0 Å². The van der Waals surface area contributed by atoms with Crippen LogP contribution in [-0.2, 0) is 17.6 Å². The summed E-state index contributed by atoms with van der Waals surface area (Å²) in [6.07, 6.45) is 5.78. The molecule has 1 saturated heterocycles. The summed E-state index contributed by atoms with van der Waals surface area (Å²) in [4.78, 5) is 2.60. The van der Waals surface area contributed by atoms with E-state index in [9.17, 15) is 0 Å². The highest BCUT2D eigenvalue weighted by Gasteiger charge is 2.23. The van der Waals surface area contributed by atoms with Gasteiger partial charge in [-0.2, -0.15) is 0 Å². The van der Waals surface area contributed by atoms with Crippen molar-refractivity contribution in [3.05, 3.63) is 29.3 Å². The number of rotatable bonds is 8. The van der Waals surface area contributed by atoms with E-state index in [-0.39, 0.29) is 0 Å². The van der Waals surface area contributed by atoms with E-state index in [4.69, 9.17) is 4.74 Å². The third-order valence-electron chi connectivity index (χ3n) is 5.28. The third kappa shape index (κ3) is 6.54. The van der Waals surface area contributed by atoms with Crippen LogP contribution in [0.1, 0.15) is 51.7 Å². The van der Waals surface area contributed by atoms with Gasteiger partial charge in [-0.3, -0.25) is 4.90 Å². The first-order chi connectivity index (χ1) is 11.9. The van der Waals surface area contributed by atoms with E-state index in [0.717, 1.165) is 13.1 Å². The van der Waals surface area contributed by atoms with Crippen LogP contribution in [0, 0.1) is 5.92 Å². The van der Waals surface area contributed by atoms with Crippen molar-refractivity contribution >= 4 is 14.0 Å². The van der Waals surface area contributed by atoms with Gasteiger partial charge in [0.25, 0.3) is 0 Å². The van der Waals surface area contributed by atoms with Crippen LogP contribution >= 0.6 is 0 Å². The lowest BCUT2D eigenvalue weighted by Crippen LogP contribution is -2.47. The lowest BCUT2D eigenvalue weighted by molar-refractivity contribution is -0.0708. The molecule has 0 spiro atoms. The number of hydrogen-bond donors (Lipinski definition) is 0. The third-order valence-corrected chi connectivity index (χ3v) is 7.07. The first-order valence-electron chi connectivity index (χ1n) is 10.4. The Balaban J connectivity index is 2.00. The Morgan fingerprint density at radius 2 is 1.88 bits per heavy atom. The van der Waals surface area contributed by atoms with Crippen molar-refractivity contribution < 1.29 is 4.74 Å². The summed E-state index contributed by atoms with van der Waals surface area (Å²) in [5.41, 5.74) is 3.16. The van der Waals surface area contributed by atoms with Crippen molar-refractivity contribution in [1.29, 1.82) is 0 Å². The summed E-state index contributed by atoms with van der Waals surface area (Å²) in [6.45, 7) is 17.4. The highest BCUT2D eigenvalue weighted by Crippen LogP contribution is 2.16. The van der Waals surface area contributed by atoms with Crippen LogP contribution in [0.5, 0.6) is 0 Å². The molecule has 1 aromatic carbocycles. The van der Waals surface area contributed by atoms with Gasteiger partial charge in [0.2, 0.25) is 0 Å². The molecule has 3 heteroatoms. The zero-order valence-electron chi connectivity index (χ0n) is 17.3. The Labute approximate surface area is 157 Å². The normalized spacial score (nSPS) is 23.2. The molecule has 0 saturated carbocycles. The fourth-order valence-electron chi connectivity index (χ4n) is 4.22. The van der Waals surface area contributed by atoms with Crippen molar-refractivity contribution in [2.45, 2.75) is 78.7 Å². The lowest BCUT2D eigenvalue weighted by atomic mass is 9.97. The van der Waals surface area contributed by atoms with Crippen LogP contribution < -0.4 is 5.19 Å². The highest BCUT2D eigenvalue weighted by atomic mass is 28.3. The fraction of sp³-hybridized carbons (Fsp3) is 0.727. The smallest absolute Gasteiger partial charge is 0.0678 e. The topological polar surface area (TPSA) is 12.5 Å². The van der Waals surface area contributed by atoms with Gasteiger partial charge in [-0.05, 0) is 50.2 Å². The zero-order chi connectivity index (χ0) is 18.4. The van der Waals surface area contributed by atoms with Crippen LogP contribution in [0.3, 0.4) is 0 Å². The standard InChI is InChI=1S/C22H39NOSi/c1-7-8-9-20-10-11-21(22(13-20)25(5)6)12-17(2)14-23-15-18(3)24-19(4)16-23/h10-11,13,17-19,25H,7-9,12,14-16H2,1-6H3/t17?,18-,19+. The predicted octanol–water partition coefficient (Wildman–Crippen LogP) is 4.01. The zero-order valence-corrected chi connectivity index (χ0v) is 18.5. The average molecular weight is 362 g/mol. The molecule has 1 heterocycles. The van der Waals surface area contributed by atoms with E-state index >= 15 is 0 Å². The second-order valence-electron chi connectivity index (χ2n) is 8.58. The van der Waals surface area contributed by atoms with E-state index in [0.29, 0.717) is 18.1 Å². The van der Waals surface area contributed by atoms with Crippen molar-refractivity contribution in [2.24, 2.45) is 5.92 Å². The summed E-state index contributed by atoms with van der Waals surface area (Å²) in [7, 11) is -0.788. The largest absolute Gasteiger partial charge is 0.373 e. The molecule has 0 bridgehead atoms. The molecule has 25 heavy (non-hydrogen) atoms. The van der Waals surface area contributed by atoms with Gasteiger partial charge in [-0.15, -0.1) is 0 Å². The predicted molar refractivity (Wildman–Crippen MR) is 113 cm³/mol. The number of morpholine rings is 1. The molecule has 1 fully saturated rings. The van der Waals surface area contributed by atoms with Gasteiger partial charge in [-0.1, -0.05) is 56.7 Å².